The van der Waals surface area contributed by atoms with Crippen LogP contribution in [-0.4, -0.2) is 33.9 Å². The van der Waals surface area contributed by atoms with Crippen molar-refractivity contribution in [1.82, 2.24) is 15.2 Å². The van der Waals surface area contributed by atoms with E-state index in [9.17, 15) is 28.5 Å². The summed E-state index contributed by atoms with van der Waals surface area (Å²) in [6.45, 7) is 0. The average Bonchev–Trinajstić information content (AvgIpc) is 3.42. The maximum absolute atomic E-state index is 13.9. The summed E-state index contributed by atoms with van der Waals surface area (Å²) in [6.07, 6.45) is 0.896. The molecule has 2 bridgehead atoms. The van der Waals surface area contributed by atoms with Crippen LogP contribution in [0.2, 0.25) is 0 Å². The first kappa shape index (κ1) is 21.3. The highest BCUT2D eigenvalue weighted by atomic mass is 19.4. The molecule has 2 saturated heterocycles. The largest absolute Gasteiger partial charge is 0.417 e. The number of benzene rings is 1. The summed E-state index contributed by atoms with van der Waals surface area (Å²) >= 11 is 0. The highest BCUT2D eigenvalue weighted by molar-refractivity contribution is 5.96. The van der Waals surface area contributed by atoms with Crippen LogP contribution < -0.4 is 5.32 Å². The van der Waals surface area contributed by atoms with Crippen molar-refractivity contribution in [1.29, 1.82) is 10.5 Å². The molecule has 5 rings (SSSR count). The van der Waals surface area contributed by atoms with Crippen LogP contribution in [0.1, 0.15) is 53.7 Å². The van der Waals surface area contributed by atoms with Gasteiger partial charge in [0.2, 0.25) is 0 Å². The molecule has 9 heteroatoms. The van der Waals surface area contributed by atoms with Crippen LogP contribution in [0.3, 0.4) is 0 Å². The number of rotatable bonds is 4. The lowest BCUT2D eigenvalue weighted by atomic mass is 9.94. The number of carbonyl (C=O) groups is 1. The summed E-state index contributed by atoms with van der Waals surface area (Å²) in [5.74, 6) is -0.799. The lowest BCUT2D eigenvalue weighted by Gasteiger charge is -2.23. The van der Waals surface area contributed by atoms with Crippen molar-refractivity contribution in [2.45, 2.75) is 61.8 Å². The smallest absolute Gasteiger partial charge is 0.347 e. The Morgan fingerprint density at radius 2 is 1.97 bits per heavy atom. The summed E-state index contributed by atoms with van der Waals surface area (Å²) in [6, 6.07) is 10.3. The molecule has 1 aromatic carbocycles. The molecule has 3 heterocycles. The minimum Gasteiger partial charge on any atom is -0.347 e. The van der Waals surface area contributed by atoms with E-state index in [4.69, 9.17) is 0 Å². The molecule has 3 fully saturated rings. The Bertz CT molecular complexity index is 1210. The lowest BCUT2D eigenvalue weighted by molar-refractivity contribution is -0.137. The Morgan fingerprint density at radius 1 is 1.18 bits per heavy atom. The number of pyridine rings is 1. The van der Waals surface area contributed by atoms with Crippen LogP contribution >= 0.6 is 0 Å². The molecular weight excluding hydrogens is 431 g/mol. The molecule has 1 amide bonds. The first-order valence-corrected chi connectivity index (χ1v) is 10.8. The predicted octanol–water partition coefficient (Wildman–Crippen LogP) is 4.14. The van der Waals surface area contributed by atoms with Gasteiger partial charge in [0.05, 0.1) is 46.1 Å². The third kappa shape index (κ3) is 3.58. The normalized spacial score (nSPS) is 24.8. The molecule has 1 aromatic heterocycles. The van der Waals surface area contributed by atoms with E-state index in [-0.39, 0.29) is 23.7 Å². The minimum atomic E-state index is -4.74. The van der Waals surface area contributed by atoms with Gasteiger partial charge in [0.15, 0.2) is 6.19 Å². The van der Waals surface area contributed by atoms with Crippen LogP contribution in [0.5, 0.6) is 0 Å². The quantitative estimate of drug-likeness (QED) is 0.706. The second-order valence-corrected chi connectivity index (χ2v) is 8.98. The molecule has 1 N–H and O–H groups in total. The van der Waals surface area contributed by atoms with Crippen molar-refractivity contribution in [3.63, 3.8) is 0 Å². The molecule has 0 radical (unpaired) electrons. The third-order valence-corrected chi connectivity index (χ3v) is 7.04. The minimum absolute atomic E-state index is 0.0382. The Morgan fingerprint density at radius 3 is 2.61 bits per heavy atom. The molecule has 2 aromatic rings. The second kappa shape index (κ2) is 7.48. The molecule has 3 atom stereocenters. The molecule has 33 heavy (non-hydrogen) atoms. The summed E-state index contributed by atoms with van der Waals surface area (Å²) in [4.78, 5) is 18.9. The van der Waals surface area contributed by atoms with Gasteiger partial charge < -0.3 is 10.2 Å². The number of aromatic nitrogens is 1. The van der Waals surface area contributed by atoms with Gasteiger partial charge in [-0.05, 0) is 56.4 Å². The molecule has 168 valence electrons. The van der Waals surface area contributed by atoms with Gasteiger partial charge >= 0.3 is 6.18 Å². The molecule has 1 saturated carbocycles. The molecule has 3 aliphatic rings. The lowest BCUT2D eigenvalue weighted by Crippen LogP contribution is -2.43. The molecule has 0 spiro atoms. The molecule has 1 aliphatic carbocycles. The molecular formula is C24H20F3N5O. The fourth-order valence-electron chi connectivity index (χ4n) is 5.09. The number of carbonyl (C=O) groups excluding carboxylic acids is 1. The first-order valence-electron chi connectivity index (χ1n) is 10.8. The van der Waals surface area contributed by atoms with E-state index in [1.54, 1.807) is 23.1 Å². The maximum atomic E-state index is 13.9. The Balaban J connectivity index is 1.44. The number of halogens is 3. The van der Waals surface area contributed by atoms with Crippen molar-refractivity contribution in [3.8, 4) is 23.5 Å². The second-order valence-electron chi connectivity index (χ2n) is 8.98. The number of nitrogens with zero attached hydrogens (tertiary/aromatic N) is 4. The van der Waals surface area contributed by atoms with E-state index in [0.29, 0.717) is 30.7 Å². The fourth-order valence-corrected chi connectivity index (χ4v) is 5.09. The van der Waals surface area contributed by atoms with Crippen molar-refractivity contribution >= 4 is 5.91 Å². The Labute approximate surface area is 188 Å². The van der Waals surface area contributed by atoms with Gasteiger partial charge in [-0.25, -0.2) is 0 Å². The van der Waals surface area contributed by atoms with Gasteiger partial charge in [-0.1, -0.05) is 12.1 Å². The van der Waals surface area contributed by atoms with Crippen LogP contribution in [0.15, 0.2) is 36.4 Å². The third-order valence-electron chi connectivity index (χ3n) is 7.04. The molecule has 0 unspecified atom stereocenters. The zero-order chi connectivity index (χ0) is 23.4. The number of nitriles is 2. The Hall–Kier alpha value is -3.59. The van der Waals surface area contributed by atoms with Gasteiger partial charge in [0, 0.05) is 11.6 Å². The summed E-state index contributed by atoms with van der Waals surface area (Å²) in [5.41, 5.74) is -1.04. The van der Waals surface area contributed by atoms with Gasteiger partial charge in [-0.3, -0.25) is 9.78 Å². The summed E-state index contributed by atoms with van der Waals surface area (Å²) < 4.78 is 41.8. The zero-order valence-corrected chi connectivity index (χ0v) is 17.6. The number of fused-ring (bicyclic) bond motifs is 2. The van der Waals surface area contributed by atoms with E-state index in [2.05, 4.69) is 22.6 Å². The van der Waals surface area contributed by atoms with E-state index in [1.807, 2.05) is 0 Å². The van der Waals surface area contributed by atoms with Crippen molar-refractivity contribution in [2.75, 3.05) is 0 Å². The van der Waals surface area contributed by atoms with Crippen molar-refractivity contribution in [3.05, 3.63) is 53.2 Å². The number of hydrogen-bond donors (Lipinski definition) is 1. The van der Waals surface area contributed by atoms with E-state index < -0.39 is 28.6 Å². The maximum Gasteiger partial charge on any atom is 0.417 e. The van der Waals surface area contributed by atoms with Crippen LogP contribution in [0.4, 0.5) is 13.2 Å². The zero-order valence-electron chi connectivity index (χ0n) is 17.6. The van der Waals surface area contributed by atoms with E-state index in [1.165, 1.54) is 12.1 Å². The van der Waals surface area contributed by atoms with E-state index >= 15 is 0 Å². The monoisotopic (exact) mass is 451 g/mol. The average molecular weight is 451 g/mol. The van der Waals surface area contributed by atoms with Gasteiger partial charge in [0.1, 0.15) is 0 Å². The number of hydrogen-bond acceptors (Lipinski definition) is 5. The van der Waals surface area contributed by atoms with Crippen molar-refractivity contribution in [2.24, 2.45) is 0 Å². The van der Waals surface area contributed by atoms with Crippen LogP contribution in [-0.2, 0) is 11.6 Å². The number of amides is 1. The van der Waals surface area contributed by atoms with Gasteiger partial charge in [-0.2, -0.15) is 23.7 Å². The Kier molecular flexibility index (Phi) is 4.82. The van der Waals surface area contributed by atoms with Gasteiger partial charge in [0.25, 0.3) is 5.91 Å². The first-order chi connectivity index (χ1) is 15.8. The highest BCUT2D eigenvalue weighted by Crippen LogP contribution is 2.47. The highest BCUT2D eigenvalue weighted by Gasteiger charge is 2.48. The van der Waals surface area contributed by atoms with Crippen LogP contribution in [0.25, 0.3) is 11.3 Å². The fraction of sp³-hybridized carbons (Fsp3) is 0.417. The summed E-state index contributed by atoms with van der Waals surface area (Å²) in [7, 11) is 0. The number of alkyl halides is 3. The predicted molar refractivity (Wildman–Crippen MR) is 111 cm³/mol. The number of nitrogens with one attached hydrogen (secondary N) is 1. The van der Waals surface area contributed by atoms with Crippen LogP contribution in [0, 0.1) is 22.8 Å². The standard InChI is InChI=1S/C24H20F3N5O/c25-24(26,27)17-10-14(18-2-1-3-21(30-18)23(12-28)8-9-23)4-6-16(17)22(33)31-19-11-15-5-7-20(19)32(15)13-29/h1-4,6,10,15,19-20H,5,7-9,11H2,(H,31,33)/t15-,19+,20+/m0/s1. The van der Waals surface area contributed by atoms with Crippen molar-refractivity contribution < 1.29 is 18.0 Å². The topological polar surface area (TPSA) is 92.8 Å². The molecule has 2 aliphatic heterocycles. The SMILES string of the molecule is N#CN1[C@H]2CC[C@@H]1[C@H](NC(=O)c1ccc(-c3cccc(C4(C#N)CC4)n3)cc1C(F)(F)F)C2. The summed E-state index contributed by atoms with van der Waals surface area (Å²) in [5, 5.41) is 21.4. The van der Waals surface area contributed by atoms with Gasteiger partial charge in [-0.15, -0.1) is 0 Å². The van der Waals surface area contributed by atoms with E-state index in [0.717, 1.165) is 18.9 Å². The molecule has 6 nitrogen and oxygen atoms in total.